The number of esters is 1. The van der Waals surface area contributed by atoms with Crippen LogP contribution in [0.15, 0.2) is 23.0 Å². The van der Waals surface area contributed by atoms with Crippen molar-refractivity contribution in [2.24, 2.45) is 0 Å². The molecule has 0 bridgehead atoms. The minimum atomic E-state index is -0.679. The Morgan fingerprint density at radius 3 is 2.81 bits per heavy atom. The Morgan fingerprint density at radius 2 is 2.15 bits per heavy atom. The Labute approximate surface area is 155 Å². The SMILES string of the molecule is CC(C)(C)OC(=O)[C@@H]1CCCc2nn(Cc3ccc(Cl)c(F)c3)c(=O)n21. The van der Waals surface area contributed by atoms with Crippen molar-refractivity contribution in [2.75, 3.05) is 0 Å². The van der Waals surface area contributed by atoms with E-state index in [2.05, 4.69) is 5.10 Å². The van der Waals surface area contributed by atoms with Crippen LogP contribution in [-0.4, -0.2) is 25.9 Å². The van der Waals surface area contributed by atoms with Gasteiger partial charge in [0.05, 0.1) is 11.6 Å². The number of carbonyl (C=O) groups is 1. The van der Waals surface area contributed by atoms with E-state index in [1.165, 1.54) is 21.4 Å². The van der Waals surface area contributed by atoms with Gasteiger partial charge in [-0.15, -0.1) is 0 Å². The van der Waals surface area contributed by atoms with Crippen LogP contribution < -0.4 is 5.69 Å². The molecule has 1 aromatic carbocycles. The summed E-state index contributed by atoms with van der Waals surface area (Å²) < 4.78 is 21.7. The molecule has 2 aromatic rings. The lowest BCUT2D eigenvalue weighted by molar-refractivity contribution is -0.159. The molecule has 0 amide bonds. The minimum absolute atomic E-state index is 0.0234. The number of hydrogen-bond acceptors (Lipinski definition) is 4. The van der Waals surface area contributed by atoms with Gasteiger partial charge < -0.3 is 4.74 Å². The van der Waals surface area contributed by atoms with E-state index in [1.807, 2.05) is 0 Å². The summed E-state index contributed by atoms with van der Waals surface area (Å²) in [5, 5.41) is 4.35. The van der Waals surface area contributed by atoms with Crippen molar-refractivity contribution in [2.45, 2.75) is 58.2 Å². The van der Waals surface area contributed by atoms with Gasteiger partial charge in [-0.2, -0.15) is 5.10 Å². The van der Waals surface area contributed by atoms with Crippen molar-refractivity contribution >= 4 is 17.6 Å². The summed E-state index contributed by atoms with van der Waals surface area (Å²) in [6, 6.07) is 3.68. The fourth-order valence-corrected chi connectivity index (χ4v) is 3.16. The molecule has 2 heterocycles. The van der Waals surface area contributed by atoms with E-state index in [0.717, 1.165) is 6.42 Å². The topological polar surface area (TPSA) is 66.1 Å². The number of ether oxygens (including phenoxy) is 1. The van der Waals surface area contributed by atoms with Gasteiger partial charge in [-0.3, -0.25) is 4.57 Å². The standard InChI is InChI=1S/C18H21ClFN3O3/c1-18(2,3)26-16(24)14-5-4-6-15-21-22(17(25)23(14)15)10-11-7-8-12(19)13(20)9-11/h7-9,14H,4-6,10H2,1-3H3/t14-/m0/s1. The number of hydrogen-bond donors (Lipinski definition) is 0. The van der Waals surface area contributed by atoms with E-state index < -0.39 is 29.1 Å². The summed E-state index contributed by atoms with van der Waals surface area (Å²) in [6.07, 6.45) is 1.88. The number of aromatic nitrogens is 3. The molecule has 0 spiro atoms. The molecule has 1 atom stereocenters. The van der Waals surface area contributed by atoms with E-state index in [9.17, 15) is 14.0 Å². The quantitative estimate of drug-likeness (QED) is 0.766. The highest BCUT2D eigenvalue weighted by atomic mass is 35.5. The first-order valence-corrected chi connectivity index (χ1v) is 8.88. The van der Waals surface area contributed by atoms with Crippen LogP contribution in [0.1, 0.15) is 51.0 Å². The zero-order valence-corrected chi connectivity index (χ0v) is 15.7. The van der Waals surface area contributed by atoms with Gasteiger partial charge in [0.2, 0.25) is 0 Å². The number of aryl methyl sites for hydroxylation is 1. The molecule has 1 aromatic heterocycles. The number of halogens is 2. The summed E-state index contributed by atoms with van der Waals surface area (Å²) in [4.78, 5) is 25.3. The summed E-state index contributed by atoms with van der Waals surface area (Å²) in [7, 11) is 0. The van der Waals surface area contributed by atoms with Crippen molar-refractivity contribution in [3.8, 4) is 0 Å². The van der Waals surface area contributed by atoms with Crippen LogP contribution in [0.2, 0.25) is 5.02 Å². The third-order valence-corrected chi connectivity index (χ3v) is 4.43. The molecule has 0 saturated carbocycles. The van der Waals surface area contributed by atoms with Crippen LogP contribution in [0.5, 0.6) is 0 Å². The highest BCUT2D eigenvalue weighted by Gasteiger charge is 2.33. The van der Waals surface area contributed by atoms with Crippen LogP contribution in [0.4, 0.5) is 4.39 Å². The molecule has 0 radical (unpaired) electrons. The Kier molecular flexibility index (Phi) is 4.92. The van der Waals surface area contributed by atoms with E-state index >= 15 is 0 Å². The highest BCUT2D eigenvalue weighted by molar-refractivity contribution is 6.30. The maximum absolute atomic E-state index is 13.6. The van der Waals surface area contributed by atoms with E-state index in [-0.39, 0.29) is 11.6 Å². The molecular formula is C18H21ClFN3O3. The monoisotopic (exact) mass is 381 g/mol. The molecule has 0 unspecified atom stereocenters. The second kappa shape index (κ2) is 6.87. The number of benzene rings is 1. The zero-order chi connectivity index (χ0) is 19.1. The molecule has 3 rings (SSSR count). The van der Waals surface area contributed by atoms with Gasteiger partial charge in [0.1, 0.15) is 23.3 Å². The average molecular weight is 382 g/mol. The van der Waals surface area contributed by atoms with Crippen molar-refractivity contribution in [3.05, 3.63) is 50.9 Å². The Bertz CT molecular complexity index is 898. The molecule has 6 nitrogen and oxygen atoms in total. The van der Waals surface area contributed by atoms with Gasteiger partial charge in [-0.05, 0) is 51.3 Å². The molecular weight excluding hydrogens is 361 g/mol. The maximum atomic E-state index is 13.6. The van der Waals surface area contributed by atoms with Gasteiger partial charge in [0.25, 0.3) is 0 Å². The summed E-state index contributed by atoms with van der Waals surface area (Å²) >= 11 is 5.69. The first kappa shape index (κ1) is 18.6. The molecule has 0 N–H and O–H groups in total. The van der Waals surface area contributed by atoms with E-state index in [1.54, 1.807) is 26.8 Å². The van der Waals surface area contributed by atoms with Crippen molar-refractivity contribution in [3.63, 3.8) is 0 Å². The van der Waals surface area contributed by atoms with Gasteiger partial charge in [-0.1, -0.05) is 17.7 Å². The Balaban J connectivity index is 1.91. The molecule has 0 fully saturated rings. The number of nitrogens with zero attached hydrogens (tertiary/aromatic N) is 3. The van der Waals surface area contributed by atoms with Crippen LogP contribution in [0.3, 0.4) is 0 Å². The Hall–Kier alpha value is -2.15. The van der Waals surface area contributed by atoms with E-state index in [0.29, 0.717) is 24.2 Å². The van der Waals surface area contributed by atoms with E-state index in [4.69, 9.17) is 16.3 Å². The summed E-state index contributed by atoms with van der Waals surface area (Å²) in [6.45, 7) is 5.47. The molecule has 140 valence electrons. The number of fused-ring (bicyclic) bond motifs is 1. The van der Waals surface area contributed by atoms with Gasteiger partial charge >= 0.3 is 11.7 Å². The normalized spacial score (nSPS) is 17.0. The van der Waals surface area contributed by atoms with Crippen LogP contribution in [0.25, 0.3) is 0 Å². The third-order valence-electron chi connectivity index (χ3n) is 4.13. The summed E-state index contributed by atoms with van der Waals surface area (Å²) in [5.41, 5.74) is -0.459. The average Bonchev–Trinajstić information content (AvgIpc) is 2.85. The second-order valence-electron chi connectivity index (χ2n) is 7.42. The van der Waals surface area contributed by atoms with Gasteiger partial charge in [0, 0.05) is 6.42 Å². The van der Waals surface area contributed by atoms with Gasteiger partial charge in [-0.25, -0.2) is 18.7 Å². The molecule has 0 aliphatic carbocycles. The molecule has 1 aliphatic rings. The maximum Gasteiger partial charge on any atom is 0.347 e. The van der Waals surface area contributed by atoms with Crippen LogP contribution >= 0.6 is 11.6 Å². The van der Waals surface area contributed by atoms with Crippen molar-refractivity contribution in [1.29, 1.82) is 0 Å². The molecule has 0 saturated heterocycles. The first-order valence-electron chi connectivity index (χ1n) is 8.51. The summed E-state index contributed by atoms with van der Waals surface area (Å²) in [5.74, 6) is -0.433. The van der Waals surface area contributed by atoms with Crippen molar-refractivity contribution < 1.29 is 13.9 Å². The lowest BCUT2D eigenvalue weighted by Crippen LogP contribution is -2.38. The molecule has 1 aliphatic heterocycles. The predicted molar refractivity (Wildman–Crippen MR) is 94.8 cm³/mol. The zero-order valence-electron chi connectivity index (χ0n) is 15.0. The highest BCUT2D eigenvalue weighted by Crippen LogP contribution is 2.25. The predicted octanol–water partition coefficient (Wildman–Crippen LogP) is 3.10. The number of carbonyl (C=O) groups excluding carboxylic acids is 1. The number of rotatable bonds is 3. The second-order valence-corrected chi connectivity index (χ2v) is 7.82. The fraction of sp³-hybridized carbons (Fsp3) is 0.500. The molecule has 26 heavy (non-hydrogen) atoms. The Morgan fingerprint density at radius 1 is 1.42 bits per heavy atom. The largest absolute Gasteiger partial charge is 0.458 e. The minimum Gasteiger partial charge on any atom is -0.458 e. The lowest BCUT2D eigenvalue weighted by atomic mass is 10.0. The smallest absolute Gasteiger partial charge is 0.347 e. The van der Waals surface area contributed by atoms with Crippen molar-refractivity contribution in [1.82, 2.24) is 14.3 Å². The van der Waals surface area contributed by atoms with Crippen LogP contribution in [-0.2, 0) is 22.5 Å². The lowest BCUT2D eigenvalue weighted by Gasteiger charge is -2.26. The van der Waals surface area contributed by atoms with Crippen LogP contribution in [0, 0.1) is 5.82 Å². The fourth-order valence-electron chi connectivity index (χ4n) is 3.04. The third kappa shape index (κ3) is 3.82. The first-order chi connectivity index (χ1) is 12.2. The molecule has 8 heteroatoms. The van der Waals surface area contributed by atoms with Gasteiger partial charge in [0.15, 0.2) is 0 Å².